The standard InChI is InChI=1S/C14H14N2O2/c1-8-14-11(7-13(17)15-8)10-5-4-9(18-3)6-12(10)16(14)2/h4-7H,1-3H3,(H,15,17). The fraction of sp³-hybridized carbons (Fsp3) is 0.214. The highest BCUT2D eigenvalue weighted by Gasteiger charge is 2.11. The molecule has 0 saturated carbocycles. The van der Waals surface area contributed by atoms with Crippen LogP contribution in [0, 0.1) is 6.92 Å². The van der Waals surface area contributed by atoms with Crippen molar-refractivity contribution in [3.63, 3.8) is 0 Å². The lowest BCUT2D eigenvalue weighted by Crippen LogP contribution is -2.06. The fourth-order valence-corrected chi connectivity index (χ4v) is 2.58. The van der Waals surface area contributed by atoms with Crippen LogP contribution in [-0.2, 0) is 7.05 Å². The molecule has 0 fully saturated rings. The molecule has 0 radical (unpaired) electrons. The van der Waals surface area contributed by atoms with Crippen LogP contribution in [0.3, 0.4) is 0 Å². The van der Waals surface area contributed by atoms with Gasteiger partial charge < -0.3 is 14.3 Å². The van der Waals surface area contributed by atoms with Crippen molar-refractivity contribution in [1.29, 1.82) is 0 Å². The Bertz CT molecular complexity index is 812. The van der Waals surface area contributed by atoms with E-state index in [9.17, 15) is 4.79 Å². The molecule has 0 spiro atoms. The highest BCUT2D eigenvalue weighted by atomic mass is 16.5. The topological polar surface area (TPSA) is 47.0 Å². The van der Waals surface area contributed by atoms with E-state index < -0.39 is 0 Å². The molecule has 1 aromatic carbocycles. The molecule has 18 heavy (non-hydrogen) atoms. The van der Waals surface area contributed by atoms with E-state index in [1.807, 2.05) is 32.2 Å². The molecule has 4 heteroatoms. The summed E-state index contributed by atoms with van der Waals surface area (Å²) >= 11 is 0. The van der Waals surface area contributed by atoms with Crippen LogP contribution in [0.15, 0.2) is 29.1 Å². The van der Waals surface area contributed by atoms with E-state index in [1.165, 1.54) is 0 Å². The Balaban J connectivity index is 2.57. The van der Waals surface area contributed by atoms with Gasteiger partial charge in [0.05, 0.1) is 18.1 Å². The molecule has 0 atom stereocenters. The van der Waals surface area contributed by atoms with E-state index >= 15 is 0 Å². The van der Waals surface area contributed by atoms with Gasteiger partial charge in [-0.15, -0.1) is 0 Å². The lowest BCUT2D eigenvalue weighted by atomic mass is 10.1. The van der Waals surface area contributed by atoms with Crippen molar-refractivity contribution in [3.05, 3.63) is 40.3 Å². The van der Waals surface area contributed by atoms with Crippen LogP contribution >= 0.6 is 0 Å². The number of methoxy groups -OCH3 is 1. The van der Waals surface area contributed by atoms with Gasteiger partial charge in [0, 0.05) is 35.6 Å². The summed E-state index contributed by atoms with van der Waals surface area (Å²) in [5.74, 6) is 0.817. The number of H-pyrrole nitrogens is 1. The molecule has 0 amide bonds. The van der Waals surface area contributed by atoms with Gasteiger partial charge in [0.2, 0.25) is 5.56 Å². The zero-order chi connectivity index (χ0) is 12.9. The van der Waals surface area contributed by atoms with Crippen molar-refractivity contribution in [2.45, 2.75) is 6.92 Å². The summed E-state index contributed by atoms with van der Waals surface area (Å²) in [7, 11) is 3.65. The Kier molecular flexibility index (Phi) is 2.20. The summed E-state index contributed by atoms with van der Waals surface area (Å²) in [6.45, 7) is 1.92. The monoisotopic (exact) mass is 242 g/mol. The van der Waals surface area contributed by atoms with Gasteiger partial charge in [0.25, 0.3) is 0 Å². The molecule has 0 aliphatic carbocycles. The molecule has 0 bridgehead atoms. The van der Waals surface area contributed by atoms with Gasteiger partial charge in [0.1, 0.15) is 5.75 Å². The van der Waals surface area contributed by atoms with Gasteiger partial charge in [0.15, 0.2) is 0 Å². The lowest BCUT2D eigenvalue weighted by molar-refractivity contribution is 0.415. The number of nitrogens with zero attached hydrogens (tertiary/aromatic N) is 1. The minimum atomic E-state index is -0.0664. The normalized spacial score (nSPS) is 11.3. The van der Waals surface area contributed by atoms with Crippen LogP contribution in [-0.4, -0.2) is 16.7 Å². The Hall–Kier alpha value is -2.23. The molecule has 0 aliphatic heterocycles. The van der Waals surface area contributed by atoms with Crippen molar-refractivity contribution in [3.8, 4) is 5.75 Å². The number of aromatic amines is 1. The number of hydrogen-bond acceptors (Lipinski definition) is 2. The van der Waals surface area contributed by atoms with Crippen LogP contribution in [0.2, 0.25) is 0 Å². The molecule has 2 heterocycles. The molecular formula is C14H14N2O2. The highest BCUT2D eigenvalue weighted by Crippen LogP contribution is 2.30. The maximum atomic E-state index is 11.6. The minimum Gasteiger partial charge on any atom is -0.497 e. The minimum absolute atomic E-state index is 0.0664. The lowest BCUT2D eigenvalue weighted by Gasteiger charge is -2.02. The largest absolute Gasteiger partial charge is 0.497 e. The number of pyridine rings is 1. The summed E-state index contributed by atoms with van der Waals surface area (Å²) in [6.07, 6.45) is 0. The average Bonchev–Trinajstić information content (AvgIpc) is 2.62. The number of hydrogen-bond donors (Lipinski definition) is 1. The number of aryl methyl sites for hydroxylation is 2. The van der Waals surface area contributed by atoms with E-state index in [1.54, 1.807) is 13.2 Å². The highest BCUT2D eigenvalue weighted by molar-refractivity contribution is 6.08. The third kappa shape index (κ3) is 1.35. The number of rotatable bonds is 1. The van der Waals surface area contributed by atoms with Crippen LogP contribution in [0.4, 0.5) is 0 Å². The van der Waals surface area contributed by atoms with Gasteiger partial charge >= 0.3 is 0 Å². The first-order valence-corrected chi connectivity index (χ1v) is 5.78. The smallest absolute Gasteiger partial charge is 0.248 e. The number of fused-ring (bicyclic) bond motifs is 3. The molecule has 92 valence electrons. The van der Waals surface area contributed by atoms with Crippen molar-refractivity contribution in [1.82, 2.24) is 9.55 Å². The van der Waals surface area contributed by atoms with E-state index in [-0.39, 0.29) is 5.56 Å². The number of nitrogens with one attached hydrogen (secondary N) is 1. The second-order valence-corrected chi connectivity index (χ2v) is 4.46. The third-order valence-electron chi connectivity index (χ3n) is 3.39. The summed E-state index contributed by atoms with van der Waals surface area (Å²) in [5, 5.41) is 2.05. The SMILES string of the molecule is COc1ccc2c3cc(=O)[nH]c(C)c3n(C)c2c1. The first kappa shape index (κ1) is 10.9. The van der Waals surface area contributed by atoms with Crippen LogP contribution < -0.4 is 10.3 Å². The fourth-order valence-electron chi connectivity index (χ4n) is 2.58. The van der Waals surface area contributed by atoms with Crippen LogP contribution in [0.1, 0.15) is 5.69 Å². The van der Waals surface area contributed by atoms with Crippen LogP contribution in [0.5, 0.6) is 5.75 Å². The van der Waals surface area contributed by atoms with Gasteiger partial charge in [-0.1, -0.05) is 0 Å². The third-order valence-corrected chi connectivity index (χ3v) is 3.39. The molecule has 0 unspecified atom stereocenters. The Labute approximate surface area is 104 Å². The maximum Gasteiger partial charge on any atom is 0.248 e. The zero-order valence-electron chi connectivity index (χ0n) is 10.6. The summed E-state index contributed by atoms with van der Waals surface area (Å²) in [6, 6.07) is 7.55. The Morgan fingerprint density at radius 3 is 2.72 bits per heavy atom. The maximum absolute atomic E-state index is 11.6. The predicted octanol–water partition coefficient (Wildman–Crippen LogP) is 2.34. The quantitative estimate of drug-likeness (QED) is 0.712. The van der Waals surface area contributed by atoms with Gasteiger partial charge in [-0.25, -0.2) is 0 Å². The van der Waals surface area contributed by atoms with Crippen molar-refractivity contribution < 1.29 is 4.74 Å². The molecule has 1 N–H and O–H groups in total. The molecule has 4 nitrogen and oxygen atoms in total. The molecule has 0 saturated heterocycles. The Morgan fingerprint density at radius 2 is 2.00 bits per heavy atom. The van der Waals surface area contributed by atoms with E-state index in [4.69, 9.17) is 4.74 Å². The summed E-state index contributed by atoms with van der Waals surface area (Å²) in [4.78, 5) is 14.4. The molecule has 3 rings (SSSR count). The van der Waals surface area contributed by atoms with Crippen molar-refractivity contribution >= 4 is 21.8 Å². The number of aromatic nitrogens is 2. The second-order valence-electron chi connectivity index (χ2n) is 4.46. The predicted molar refractivity (Wildman–Crippen MR) is 72.3 cm³/mol. The van der Waals surface area contributed by atoms with Crippen molar-refractivity contribution in [2.75, 3.05) is 7.11 Å². The molecular weight excluding hydrogens is 228 g/mol. The summed E-state index contributed by atoms with van der Waals surface area (Å²) in [5.41, 5.74) is 2.93. The molecule has 3 aromatic rings. The Morgan fingerprint density at radius 1 is 1.22 bits per heavy atom. The molecule has 0 aliphatic rings. The van der Waals surface area contributed by atoms with Gasteiger partial charge in [-0.05, 0) is 19.1 Å². The van der Waals surface area contributed by atoms with Gasteiger partial charge in [-0.2, -0.15) is 0 Å². The van der Waals surface area contributed by atoms with E-state index in [0.717, 1.165) is 33.2 Å². The summed E-state index contributed by atoms with van der Waals surface area (Å²) < 4.78 is 7.33. The van der Waals surface area contributed by atoms with Crippen LogP contribution in [0.25, 0.3) is 21.8 Å². The van der Waals surface area contributed by atoms with Crippen molar-refractivity contribution in [2.24, 2.45) is 7.05 Å². The molecule has 2 aromatic heterocycles. The first-order chi connectivity index (χ1) is 8.61. The number of ether oxygens (including phenoxy) is 1. The second kappa shape index (κ2) is 3.63. The van der Waals surface area contributed by atoms with E-state index in [2.05, 4.69) is 9.55 Å². The average molecular weight is 242 g/mol. The van der Waals surface area contributed by atoms with Gasteiger partial charge in [-0.3, -0.25) is 4.79 Å². The first-order valence-electron chi connectivity index (χ1n) is 5.78. The number of benzene rings is 1. The zero-order valence-corrected chi connectivity index (χ0v) is 10.6. The van der Waals surface area contributed by atoms with E-state index in [0.29, 0.717) is 0 Å².